The van der Waals surface area contributed by atoms with Crippen LogP contribution in [0.4, 0.5) is 0 Å². The first-order chi connectivity index (χ1) is 13.1. The minimum Gasteiger partial charge on any atom is -0.371 e. The van der Waals surface area contributed by atoms with Crippen molar-refractivity contribution < 1.29 is 4.92 Å². The van der Waals surface area contributed by atoms with Crippen LogP contribution in [-0.4, -0.2) is 11.0 Å². The summed E-state index contributed by atoms with van der Waals surface area (Å²) in [6, 6.07) is 9.59. The van der Waals surface area contributed by atoms with Crippen molar-refractivity contribution in [2.75, 3.05) is 0 Å². The van der Waals surface area contributed by atoms with Gasteiger partial charge < -0.3 is 5.32 Å². The van der Waals surface area contributed by atoms with Crippen LogP contribution in [-0.2, 0) is 0 Å². The van der Waals surface area contributed by atoms with Gasteiger partial charge in [0, 0.05) is 10.9 Å². The zero-order chi connectivity index (χ0) is 20.7. The van der Waals surface area contributed by atoms with Gasteiger partial charge in [0.1, 0.15) is 4.49 Å². The normalized spacial score (nSPS) is 28.6. The highest BCUT2D eigenvalue weighted by atomic mass is 35.5. The van der Waals surface area contributed by atoms with Gasteiger partial charge in [0.05, 0.1) is 4.92 Å². The SMILES string of the molecule is CC1(C)C2CCC1(C)C(NC(Sc1ccccc1)=C(C(Cl)=C(Cl)Cl)[N+](=O)[O-])C2. The Kier molecular flexibility index (Phi) is 6.31. The Bertz CT molecular complexity index is 837. The number of hydrogen-bond donors (Lipinski definition) is 1. The topological polar surface area (TPSA) is 55.2 Å². The molecule has 152 valence electrons. The minimum absolute atomic E-state index is 0.0445. The maximum Gasteiger partial charge on any atom is 0.320 e. The summed E-state index contributed by atoms with van der Waals surface area (Å²) in [5, 5.41) is 15.5. The first-order valence-electron chi connectivity index (χ1n) is 9.17. The number of nitrogens with zero attached hydrogens (tertiary/aromatic N) is 1. The van der Waals surface area contributed by atoms with Crippen molar-refractivity contribution in [2.24, 2.45) is 16.7 Å². The van der Waals surface area contributed by atoms with E-state index in [0.29, 0.717) is 10.9 Å². The van der Waals surface area contributed by atoms with Gasteiger partial charge in [-0.05, 0) is 48.1 Å². The molecule has 2 fully saturated rings. The highest BCUT2D eigenvalue weighted by Gasteiger charge is 2.61. The zero-order valence-corrected chi connectivity index (χ0v) is 19.1. The molecule has 0 aromatic heterocycles. The number of thioether (sulfide) groups is 1. The lowest BCUT2D eigenvalue weighted by Gasteiger charge is -2.40. The quantitative estimate of drug-likeness (QED) is 0.216. The van der Waals surface area contributed by atoms with Crippen molar-refractivity contribution in [2.45, 2.75) is 51.0 Å². The third-order valence-corrected chi connectivity index (χ3v) is 8.80. The molecule has 3 unspecified atom stereocenters. The van der Waals surface area contributed by atoms with E-state index in [2.05, 4.69) is 26.1 Å². The van der Waals surface area contributed by atoms with Crippen LogP contribution in [0, 0.1) is 26.9 Å². The summed E-state index contributed by atoms with van der Waals surface area (Å²) in [5.41, 5.74) is -0.0751. The predicted octanol–water partition coefficient (Wildman–Crippen LogP) is 6.91. The average Bonchev–Trinajstić information content (AvgIpc) is 2.95. The molecule has 0 radical (unpaired) electrons. The summed E-state index contributed by atoms with van der Waals surface area (Å²) in [4.78, 5) is 12.2. The van der Waals surface area contributed by atoms with Crippen molar-refractivity contribution in [3.63, 3.8) is 0 Å². The molecule has 1 N–H and O–H groups in total. The Hall–Kier alpha value is -0.880. The van der Waals surface area contributed by atoms with Crippen molar-refractivity contribution in [1.29, 1.82) is 0 Å². The molecule has 2 saturated carbocycles. The molecule has 1 aromatic carbocycles. The molecule has 4 nitrogen and oxygen atoms in total. The summed E-state index contributed by atoms with van der Waals surface area (Å²) < 4.78 is -0.319. The molecule has 8 heteroatoms. The Morgan fingerprint density at radius 2 is 1.86 bits per heavy atom. The fourth-order valence-electron chi connectivity index (χ4n) is 4.69. The monoisotopic (exact) mass is 460 g/mol. The number of rotatable bonds is 6. The van der Waals surface area contributed by atoms with Crippen LogP contribution in [0.15, 0.2) is 55.5 Å². The largest absolute Gasteiger partial charge is 0.371 e. The summed E-state index contributed by atoms with van der Waals surface area (Å²) in [6.45, 7) is 6.88. The summed E-state index contributed by atoms with van der Waals surface area (Å²) in [5.74, 6) is 0.597. The van der Waals surface area contributed by atoms with Gasteiger partial charge in [0.2, 0.25) is 0 Å². The van der Waals surface area contributed by atoms with Gasteiger partial charge in [-0.2, -0.15) is 0 Å². The van der Waals surface area contributed by atoms with E-state index in [1.165, 1.54) is 18.2 Å². The summed E-state index contributed by atoms with van der Waals surface area (Å²) in [7, 11) is 0. The van der Waals surface area contributed by atoms with Crippen LogP contribution in [0.3, 0.4) is 0 Å². The fourth-order valence-corrected chi connectivity index (χ4v) is 6.09. The Morgan fingerprint density at radius 3 is 2.32 bits per heavy atom. The minimum atomic E-state index is -0.522. The standard InChI is InChI=1S/C20H23Cl3N2O2S/c1-19(2)12-9-10-20(19,3)14(11-12)24-18(28-13-7-5-4-6-8-13)16(25(26)27)15(21)17(22)23/h4-8,12,14,24H,9-11H2,1-3H3. The molecule has 28 heavy (non-hydrogen) atoms. The number of nitrogens with one attached hydrogen (secondary N) is 1. The molecule has 0 spiro atoms. The molecule has 2 aliphatic rings. The van der Waals surface area contributed by atoms with Crippen LogP contribution >= 0.6 is 46.6 Å². The van der Waals surface area contributed by atoms with Gasteiger partial charge >= 0.3 is 5.70 Å². The highest BCUT2D eigenvalue weighted by molar-refractivity contribution is 8.03. The molecular formula is C20H23Cl3N2O2S. The van der Waals surface area contributed by atoms with Gasteiger partial charge in [-0.25, -0.2) is 0 Å². The molecule has 2 aliphatic carbocycles. The van der Waals surface area contributed by atoms with Gasteiger partial charge in [-0.1, -0.05) is 85.5 Å². The average molecular weight is 462 g/mol. The molecule has 0 amide bonds. The molecule has 3 atom stereocenters. The van der Waals surface area contributed by atoms with E-state index in [1.54, 1.807) is 0 Å². The van der Waals surface area contributed by atoms with Crippen molar-refractivity contribution in [3.05, 3.63) is 60.7 Å². The van der Waals surface area contributed by atoms with Gasteiger partial charge in [-0.3, -0.25) is 10.1 Å². The second-order valence-corrected chi connectivity index (χ2v) is 10.6. The number of nitro groups is 1. The Balaban J connectivity index is 2.04. The molecule has 0 aliphatic heterocycles. The van der Waals surface area contributed by atoms with Gasteiger partial charge in [0.15, 0.2) is 10.1 Å². The van der Waals surface area contributed by atoms with Crippen LogP contribution in [0.2, 0.25) is 0 Å². The lowest BCUT2D eigenvalue weighted by molar-refractivity contribution is -0.420. The lowest BCUT2D eigenvalue weighted by atomic mass is 9.69. The third-order valence-electron chi connectivity index (χ3n) is 6.83. The molecule has 1 aromatic rings. The molecule has 0 heterocycles. The highest BCUT2D eigenvalue weighted by Crippen LogP contribution is 2.65. The van der Waals surface area contributed by atoms with E-state index in [1.807, 2.05) is 30.3 Å². The summed E-state index contributed by atoms with van der Waals surface area (Å²) >= 11 is 19.0. The second-order valence-electron chi connectivity index (χ2n) is 8.23. The van der Waals surface area contributed by atoms with E-state index in [4.69, 9.17) is 34.8 Å². The van der Waals surface area contributed by atoms with Crippen molar-refractivity contribution in [3.8, 4) is 0 Å². The first kappa shape index (κ1) is 21.8. The number of fused-ring (bicyclic) bond motifs is 2. The number of halogens is 3. The van der Waals surface area contributed by atoms with E-state index >= 15 is 0 Å². The number of allylic oxidation sites excluding steroid dienone is 1. The molecule has 0 saturated heterocycles. The lowest BCUT2D eigenvalue weighted by Crippen LogP contribution is -2.44. The van der Waals surface area contributed by atoms with Crippen molar-refractivity contribution in [1.82, 2.24) is 5.32 Å². The Morgan fingerprint density at radius 1 is 1.21 bits per heavy atom. The maximum atomic E-state index is 11.9. The van der Waals surface area contributed by atoms with Gasteiger partial charge in [0.25, 0.3) is 0 Å². The predicted molar refractivity (Wildman–Crippen MR) is 117 cm³/mol. The van der Waals surface area contributed by atoms with Gasteiger partial charge in [-0.15, -0.1) is 0 Å². The summed E-state index contributed by atoms with van der Waals surface area (Å²) in [6.07, 6.45) is 3.27. The molecular weight excluding hydrogens is 439 g/mol. The van der Waals surface area contributed by atoms with Crippen LogP contribution in [0.5, 0.6) is 0 Å². The van der Waals surface area contributed by atoms with E-state index < -0.39 is 4.92 Å². The fraction of sp³-hybridized carbons (Fsp3) is 0.500. The number of hydrogen-bond acceptors (Lipinski definition) is 4. The second kappa shape index (κ2) is 8.10. The third kappa shape index (κ3) is 3.79. The smallest absolute Gasteiger partial charge is 0.320 e. The van der Waals surface area contributed by atoms with Crippen LogP contribution < -0.4 is 5.32 Å². The van der Waals surface area contributed by atoms with Crippen LogP contribution in [0.25, 0.3) is 0 Å². The molecule has 2 bridgehead atoms. The van der Waals surface area contributed by atoms with E-state index in [9.17, 15) is 10.1 Å². The zero-order valence-electron chi connectivity index (χ0n) is 16.0. The van der Waals surface area contributed by atoms with E-state index in [0.717, 1.165) is 17.7 Å². The maximum absolute atomic E-state index is 11.9. The number of benzene rings is 1. The molecule has 3 rings (SSSR count). The van der Waals surface area contributed by atoms with E-state index in [-0.39, 0.29) is 32.1 Å². The van der Waals surface area contributed by atoms with Crippen molar-refractivity contribution >= 4 is 46.6 Å². The Labute approximate surface area is 184 Å². The van der Waals surface area contributed by atoms with Crippen LogP contribution in [0.1, 0.15) is 40.0 Å². The first-order valence-corrected chi connectivity index (χ1v) is 11.1.